The number of alkyl halides is 3. The summed E-state index contributed by atoms with van der Waals surface area (Å²) in [6.07, 6.45) is 2.41. The van der Waals surface area contributed by atoms with Gasteiger partial charge in [0, 0.05) is 18.6 Å². The lowest BCUT2D eigenvalue weighted by Gasteiger charge is -2.28. The first-order valence-corrected chi connectivity index (χ1v) is 10.5. The molecule has 2 fully saturated rings. The van der Waals surface area contributed by atoms with Gasteiger partial charge in [-0.25, -0.2) is 9.18 Å². The number of ether oxygens (including phenoxy) is 5. The number of halogens is 4. The molecular formula is C22H26F4O6. The summed E-state index contributed by atoms with van der Waals surface area (Å²) in [4.78, 5) is 12.2. The van der Waals surface area contributed by atoms with Crippen LogP contribution in [0, 0.1) is 17.7 Å². The Morgan fingerprint density at radius 1 is 1.09 bits per heavy atom. The standard InChI is InChI=1S/C22H26F4O6/c1-2-28-16-7-5-14(6-8-16)3-4-15-12-29-21(30-13-15)20(27)31-17-9-10-19(18(23)11-17)32-22(24,25)26/h3-4,9-11,14-16,21H,2,5-8,12-13H2,1H3/b4-3+. The fourth-order valence-corrected chi connectivity index (χ4v) is 3.68. The summed E-state index contributed by atoms with van der Waals surface area (Å²) in [5.41, 5.74) is 0. The van der Waals surface area contributed by atoms with Crippen molar-refractivity contribution in [3.63, 3.8) is 0 Å². The van der Waals surface area contributed by atoms with Crippen LogP contribution in [0.15, 0.2) is 30.4 Å². The minimum atomic E-state index is -5.03. The predicted octanol–water partition coefficient (Wildman–Crippen LogP) is 4.77. The number of allylic oxidation sites excluding steroid dienone is 1. The molecule has 0 radical (unpaired) electrons. The van der Waals surface area contributed by atoms with Gasteiger partial charge in [0.15, 0.2) is 11.6 Å². The topological polar surface area (TPSA) is 63.2 Å². The molecule has 0 aromatic heterocycles. The largest absolute Gasteiger partial charge is 0.573 e. The Hall–Kier alpha value is -2.17. The van der Waals surface area contributed by atoms with Crippen LogP contribution in [-0.2, 0) is 19.0 Å². The quantitative estimate of drug-likeness (QED) is 0.252. The lowest BCUT2D eigenvalue weighted by atomic mass is 9.86. The van der Waals surface area contributed by atoms with Crippen molar-refractivity contribution < 1.29 is 46.0 Å². The van der Waals surface area contributed by atoms with Crippen molar-refractivity contribution in [3.05, 3.63) is 36.2 Å². The van der Waals surface area contributed by atoms with Gasteiger partial charge in [-0.05, 0) is 50.7 Å². The zero-order valence-corrected chi connectivity index (χ0v) is 17.6. The van der Waals surface area contributed by atoms with Crippen LogP contribution < -0.4 is 9.47 Å². The van der Waals surface area contributed by atoms with E-state index in [2.05, 4.69) is 10.8 Å². The molecule has 2 aliphatic rings. The normalized spacial score (nSPS) is 26.8. The summed E-state index contributed by atoms with van der Waals surface area (Å²) >= 11 is 0. The number of hydrogen-bond acceptors (Lipinski definition) is 6. The van der Waals surface area contributed by atoms with Crippen molar-refractivity contribution in [2.45, 2.75) is 51.4 Å². The monoisotopic (exact) mass is 462 g/mol. The molecule has 1 heterocycles. The fourth-order valence-electron chi connectivity index (χ4n) is 3.68. The van der Waals surface area contributed by atoms with Gasteiger partial charge in [0.25, 0.3) is 6.29 Å². The van der Waals surface area contributed by atoms with Gasteiger partial charge < -0.3 is 23.7 Å². The average molecular weight is 462 g/mol. The number of esters is 1. The first-order chi connectivity index (χ1) is 15.2. The van der Waals surface area contributed by atoms with Gasteiger partial charge in [-0.1, -0.05) is 12.2 Å². The molecule has 0 unspecified atom stereocenters. The molecule has 0 atom stereocenters. The van der Waals surface area contributed by atoms with Gasteiger partial charge in [0.2, 0.25) is 0 Å². The second-order valence-corrected chi connectivity index (χ2v) is 7.70. The molecule has 6 nitrogen and oxygen atoms in total. The van der Waals surface area contributed by atoms with Crippen molar-refractivity contribution in [1.29, 1.82) is 0 Å². The lowest BCUT2D eigenvalue weighted by Crippen LogP contribution is -2.39. The Kier molecular flexibility index (Phi) is 8.50. The van der Waals surface area contributed by atoms with Crippen LogP contribution in [0.5, 0.6) is 11.5 Å². The van der Waals surface area contributed by atoms with E-state index in [1.54, 1.807) is 0 Å². The molecule has 32 heavy (non-hydrogen) atoms. The summed E-state index contributed by atoms with van der Waals surface area (Å²) in [5, 5.41) is 0. The van der Waals surface area contributed by atoms with E-state index in [4.69, 9.17) is 18.9 Å². The van der Waals surface area contributed by atoms with Crippen LogP contribution in [0.4, 0.5) is 17.6 Å². The molecule has 1 aliphatic carbocycles. The van der Waals surface area contributed by atoms with Crippen molar-refractivity contribution in [2.75, 3.05) is 19.8 Å². The summed E-state index contributed by atoms with van der Waals surface area (Å²) in [6.45, 7) is 3.23. The second-order valence-electron chi connectivity index (χ2n) is 7.70. The summed E-state index contributed by atoms with van der Waals surface area (Å²) < 4.78 is 75.2. The Morgan fingerprint density at radius 2 is 1.75 bits per heavy atom. The Morgan fingerprint density at radius 3 is 2.34 bits per heavy atom. The minimum absolute atomic E-state index is 0.0140. The van der Waals surface area contributed by atoms with E-state index < -0.39 is 30.2 Å². The van der Waals surface area contributed by atoms with Crippen molar-refractivity contribution in [2.24, 2.45) is 11.8 Å². The van der Waals surface area contributed by atoms with Gasteiger partial charge in [0.05, 0.1) is 19.3 Å². The average Bonchev–Trinajstić information content (AvgIpc) is 2.75. The number of hydrogen-bond donors (Lipinski definition) is 0. The van der Waals surface area contributed by atoms with E-state index in [-0.39, 0.29) is 24.9 Å². The smallest absolute Gasteiger partial charge is 0.423 e. The Labute approximate surface area is 183 Å². The minimum Gasteiger partial charge on any atom is -0.423 e. The van der Waals surface area contributed by atoms with E-state index in [1.807, 2.05) is 13.0 Å². The molecule has 1 saturated carbocycles. The zero-order valence-electron chi connectivity index (χ0n) is 17.6. The summed E-state index contributed by atoms with van der Waals surface area (Å²) in [7, 11) is 0. The van der Waals surface area contributed by atoms with Crippen LogP contribution >= 0.6 is 0 Å². The van der Waals surface area contributed by atoms with Gasteiger partial charge in [0.1, 0.15) is 5.75 Å². The van der Waals surface area contributed by atoms with E-state index in [0.29, 0.717) is 18.1 Å². The first-order valence-electron chi connectivity index (χ1n) is 10.5. The molecule has 178 valence electrons. The van der Waals surface area contributed by atoms with Crippen molar-refractivity contribution in [3.8, 4) is 11.5 Å². The van der Waals surface area contributed by atoms with Gasteiger partial charge in [-0.3, -0.25) is 0 Å². The second kappa shape index (κ2) is 11.1. The molecule has 0 spiro atoms. The van der Waals surface area contributed by atoms with Crippen LogP contribution in [0.25, 0.3) is 0 Å². The highest BCUT2D eigenvalue weighted by Crippen LogP contribution is 2.29. The number of carbonyl (C=O) groups is 1. The van der Waals surface area contributed by atoms with Crippen LogP contribution in [0.2, 0.25) is 0 Å². The Balaban J connectivity index is 1.42. The first kappa shape index (κ1) is 24.5. The molecule has 0 N–H and O–H groups in total. The van der Waals surface area contributed by atoms with Crippen LogP contribution in [0.3, 0.4) is 0 Å². The maximum Gasteiger partial charge on any atom is 0.573 e. The third kappa shape index (κ3) is 7.46. The van der Waals surface area contributed by atoms with E-state index in [0.717, 1.165) is 44.4 Å². The lowest BCUT2D eigenvalue weighted by molar-refractivity contribution is -0.275. The van der Waals surface area contributed by atoms with Crippen LogP contribution in [-0.4, -0.2) is 44.5 Å². The molecule has 10 heteroatoms. The van der Waals surface area contributed by atoms with E-state index in [1.165, 1.54) is 0 Å². The third-order valence-corrected chi connectivity index (χ3v) is 5.24. The van der Waals surface area contributed by atoms with Gasteiger partial charge >= 0.3 is 12.3 Å². The summed E-state index contributed by atoms with van der Waals surface area (Å²) in [5.74, 6) is -3.10. The maximum absolute atomic E-state index is 13.7. The summed E-state index contributed by atoms with van der Waals surface area (Å²) in [6, 6.07) is 2.32. The molecule has 0 amide bonds. The predicted molar refractivity (Wildman–Crippen MR) is 104 cm³/mol. The highest BCUT2D eigenvalue weighted by Gasteiger charge is 2.33. The SMILES string of the molecule is CCOC1CCC(/C=C/C2COC(C(=O)Oc3ccc(OC(F)(F)F)c(F)c3)OC2)CC1. The molecule has 1 aromatic carbocycles. The van der Waals surface area contributed by atoms with Gasteiger partial charge in [-0.2, -0.15) is 0 Å². The molecule has 1 aliphatic heterocycles. The molecule has 0 bridgehead atoms. The third-order valence-electron chi connectivity index (χ3n) is 5.24. The fraction of sp³-hybridized carbons (Fsp3) is 0.591. The van der Waals surface area contributed by atoms with Crippen molar-refractivity contribution in [1.82, 2.24) is 0 Å². The van der Waals surface area contributed by atoms with E-state index in [9.17, 15) is 22.4 Å². The number of carbonyl (C=O) groups excluding carboxylic acids is 1. The molecular weight excluding hydrogens is 436 g/mol. The maximum atomic E-state index is 13.7. The molecule has 1 aromatic rings. The van der Waals surface area contributed by atoms with Crippen LogP contribution in [0.1, 0.15) is 32.6 Å². The highest BCUT2D eigenvalue weighted by molar-refractivity contribution is 5.76. The Bertz CT molecular complexity index is 781. The van der Waals surface area contributed by atoms with Crippen molar-refractivity contribution >= 4 is 5.97 Å². The molecule has 3 rings (SSSR count). The number of benzene rings is 1. The highest BCUT2D eigenvalue weighted by atomic mass is 19.4. The van der Waals surface area contributed by atoms with Gasteiger partial charge in [-0.15, -0.1) is 13.2 Å². The molecule has 1 saturated heterocycles. The number of rotatable bonds is 7. The zero-order chi connectivity index (χ0) is 23.1. The van der Waals surface area contributed by atoms with E-state index >= 15 is 0 Å².